The van der Waals surface area contributed by atoms with Crippen LogP contribution in [0.4, 0.5) is 0 Å². The summed E-state index contributed by atoms with van der Waals surface area (Å²) in [5, 5.41) is 3.36. The lowest BCUT2D eigenvalue weighted by atomic mass is 10.0. The maximum absolute atomic E-state index is 6.14. The van der Waals surface area contributed by atoms with Crippen LogP contribution >= 0.6 is 38.9 Å². The Bertz CT molecular complexity index is 594. The van der Waals surface area contributed by atoms with E-state index < -0.39 is 0 Å². The molecule has 1 aromatic carbocycles. The summed E-state index contributed by atoms with van der Waals surface area (Å²) in [5.74, 6) is 0. The molecule has 0 saturated carbocycles. The summed E-state index contributed by atoms with van der Waals surface area (Å²) in [6.07, 6.45) is 0. The molecule has 1 aromatic heterocycles. The first kappa shape index (κ1) is 13.6. The molecule has 2 nitrogen and oxygen atoms in total. The van der Waals surface area contributed by atoms with Gasteiger partial charge in [-0.15, -0.1) is 11.3 Å². The van der Waals surface area contributed by atoms with Gasteiger partial charge in [-0.05, 0) is 45.7 Å². The van der Waals surface area contributed by atoms with Gasteiger partial charge >= 0.3 is 0 Å². The molecule has 19 heavy (non-hydrogen) atoms. The Hall–Kier alpha value is -0.390. The minimum atomic E-state index is 0.166. The molecule has 0 aliphatic carbocycles. The molecule has 0 radical (unpaired) electrons. The van der Waals surface area contributed by atoms with E-state index in [1.807, 2.05) is 7.05 Å². The second kappa shape index (κ2) is 5.54. The van der Waals surface area contributed by atoms with E-state index in [1.165, 1.54) is 21.6 Å². The molecule has 0 saturated heterocycles. The van der Waals surface area contributed by atoms with E-state index in [0.717, 1.165) is 15.4 Å². The fourth-order valence-electron chi connectivity index (χ4n) is 2.35. The van der Waals surface area contributed by atoms with Crippen molar-refractivity contribution in [3.05, 3.63) is 54.6 Å². The molecule has 2 aromatic rings. The van der Waals surface area contributed by atoms with Gasteiger partial charge in [0.1, 0.15) is 4.34 Å². The van der Waals surface area contributed by atoms with Crippen molar-refractivity contribution in [2.45, 2.75) is 19.3 Å². The lowest BCUT2D eigenvalue weighted by Crippen LogP contribution is -2.16. The maximum Gasteiger partial charge on any atom is 0.107 e. The number of hydrogen-bond donors (Lipinski definition) is 1. The van der Waals surface area contributed by atoms with Gasteiger partial charge in [-0.25, -0.2) is 0 Å². The van der Waals surface area contributed by atoms with Crippen molar-refractivity contribution in [2.75, 3.05) is 7.05 Å². The van der Waals surface area contributed by atoms with E-state index >= 15 is 0 Å². The van der Waals surface area contributed by atoms with Gasteiger partial charge in [0.25, 0.3) is 0 Å². The van der Waals surface area contributed by atoms with Crippen LogP contribution in [0.1, 0.15) is 27.6 Å². The molecular formula is C14H13BrClNOS. The van der Waals surface area contributed by atoms with Crippen molar-refractivity contribution in [3.63, 3.8) is 0 Å². The summed E-state index contributed by atoms with van der Waals surface area (Å²) in [6.45, 7) is 1.45. The highest BCUT2D eigenvalue weighted by Crippen LogP contribution is 2.37. The minimum Gasteiger partial charge on any atom is -0.372 e. The lowest BCUT2D eigenvalue weighted by Gasteiger charge is -2.16. The van der Waals surface area contributed by atoms with Crippen LogP contribution in [0.5, 0.6) is 0 Å². The Kier molecular flexibility index (Phi) is 3.96. The van der Waals surface area contributed by atoms with Gasteiger partial charge in [0.15, 0.2) is 0 Å². The topological polar surface area (TPSA) is 21.3 Å². The van der Waals surface area contributed by atoms with Crippen molar-refractivity contribution < 1.29 is 4.74 Å². The molecule has 0 amide bonds. The third kappa shape index (κ3) is 2.60. The highest BCUT2D eigenvalue weighted by molar-refractivity contribution is 9.10. The second-order valence-electron chi connectivity index (χ2n) is 4.51. The first-order valence-corrected chi connectivity index (χ1v) is 7.99. The standard InChI is InChI=1S/C14H13BrClNOS/c1-17-13(12-5-11(15)14(16)19-12)8-2-3-9-6-18-7-10(9)4-8/h2-5,13,17H,6-7H2,1H3. The number of nitrogens with one attached hydrogen (secondary N) is 1. The number of rotatable bonds is 3. The number of hydrogen-bond acceptors (Lipinski definition) is 3. The summed E-state index contributed by atoms with van der Waals surface area (Å²) in [7, 11) is 1.97. The van der Waals surface area contributed by atoms with Gasteiger partial charge < -0.3 is 10.1 Å². The van der Waals surface area contributed by atoms with E-state index in [0.29, 0.717) is 6.61 Å². The normalized spacial score (nSPS) is 15.5. The first-order valence-electron chi connectivity index (χ1n) is 6.00. The van der Waals surface area contributed by atoms with Crippen LogP contribution in [0, 0.1) is 0 Å². The van der Waals surface area contributed by atoms with Crippen molar-refractivity contribution >= 4 is 38.9 Å². The lowest BCUT2D eigenvalue weighted by molar-refractivity contribution is 0.134. The van der Waals surface area contributed by atoms with Gasteiger partial charge in [0, 0.05) is 9.35 Å². The van der Waals surface area contributed by atoms with Crippen LogP contribution in [0.15, 0.2) is 28.7 Å². The van der Waals surface area contributed by atoms with Crippen LogP contribution < -0.4 is 5.32 Å². The Labute approximate surface area is 129 Å². The SMILES string of the molecule is CNC(c1ccc2c(c1)COC2)c1cc(Br)c(Cl)s1. The summed E-state index contributed by atoms with van der Waals surface area (Å²) in [4.78, 5) is 1.21. The van der Waals surface area contributed by atoms with E-state index in [4.69, 9.17) is 16.3 Å². The van der Waals surface area contributed by atoms with Crippen molar-refractivity contribution in [2.24, 2.45) is 0 Å². The average Bonchev–Trinajstić information content (AvgIpc) is 2.98. The molecule has 1 N–H and O–H groups in total. The van der Waals surface area contributed by atoms with Crippen LogP contribution in [0.2, 0.25) is 4.34 Å². The average molecular weight is 359 g/mol. The van der Waals surface area contributed by atoms with Gasteiger partial charge in [-0.3, -0.25) is 0 Å². The predicted molar refractivity (Wildman–Crippen MR) is 82.9 cm³/mol. The van der Waals surface area contributed by atoms with Gasteiger partial charge in [0.05, 0.1) is 19.3 Å². The number of fused-ring (bicyclic) bond motifs is 1. The Morgan fingerprint density at radius 2 is 2.11 bits per heavy atom. The molecule has 1 atom stereocenters. The fraction of sp³-hybridized carbons (Fsp3) is 0.286. The number of ether oxygens (including phenoxy) is 1. The molecule has 1 aliphatic heterocycles. The number of halogens is 2. The largest absolute Gasteiger partial charge is 0.372 e. The summed E-state index contributed by atoms with van der Waals surface area (Å²) >= 11 is 11.2. The second-order valence-corrected chi connectivity index (χ2v) is 7.05. The van der Waals surface area contributed by atoms with E-state index in [1.54, 1.807) is 11.3 Å². The zero-order valence-corrected chi connectivity index (χ0v) is 13.5. The molecule has 3 rings (SSSR count). The quantitative estimate of drug-likeness (QED) is 0.872. The van der Waals surface area contributed by atoms with E-state index in [9.17, 15) is 0 Å². The Morgan fingerprint density at radius 1 is 1.32 bits per heavy atom. The molecule has 2 heterocycles. The molecule has 1 aliphatic rings. The van der Waals surface area contributed by atoms with Gasteiger partial charge in [-0.2, -0.15) is 0 Å². The van der Waals surface area contributed by atoms with Crippen LogP contribution in [-0.4, -0.2) is 7.05 Å². The number of thiophene rings is 1. The third-order valence-corrected chi connectivity index (χ3v) is 5.86. The minimum absolute atomic E-state index is 0.166. The molecular weight excluding hydrogens is 346 g/mol. The molecule has 0 fully saturated rings. The maximum atomic E-state index is 6.14. The zero-order valence-electron chi connectivity index (χ0n) is 10.4. The van der Waals surface area contributed by atoms with Crippen LogP contribution in [-0.2, 0) is 18.0 Å². The van der Waals surface area contributed by atoms with Crippen molar-refractivity contribution in [1.29, 1.82) is 0 Å². The zero-order chi connectivity index (χ0) is 13.4. The van der Waals surface area contributed by atoms with Gasteiger partial charge in [0.2, 0.25) is 0 Å². The fourth-order valence-corrected chi connectivity index (χ4v) is 4.22. The van der Waals surface area contributed by atoms with E-state index in [2.05, 4.69) is 45.5 Å². The highest BCUT2D eigenvalue weighted by Gasteiger charge is 2.19. The Balaban J connectivity index is 1.98. The van der Waals surface area contributed by atoms with E-state index in [-0.39, 0.29) is 6.04 Å². The molecule has 100 valence electrons. The molecule has 5 heteroatoms. The number of benzene rings is 1. The van der Waals surface area contributed by atoms with Crippen molar-refractivity contribution in [3.8, 4) is 0 Å². The first-order chi connectivity index (χ1) is 9.19. The third-order valence-electron chi connectivity index (χ3n) is 3.32. The van der Waals surface area contributed by atoms with Crippen LogP contribution in [0.25, 0.3) is 0 Å². The summed E-state index contributed by atoms with van der Waals surface area (Å²) in [5.41, 5.74) is 3.83. The van der Waals surface area contributed by atoms with Crippen LogP contribution in [0.3, 0.4) is 0 Å². The smallest absolute Gasteiger partial charge is 0.107 e. The monoisotopic (exact) mass is 357 g/mol. The predicted octanol–water partition coefficient (Wildman–Crippen LogP) is 4.50. The molecule has 0 bridgehead atoms. The van der Waals surface area contributed by atoms with Gasteiger partial charge in [-0.1, -0.05) is 29.8 Å². The molecule has 1 unspecified atom stereocenters. The Morgan fingerprint density at radius 3 is 2.79 bits per heavy atom. The highest BCUT2D eigenvalue weighted by atomic mass is 79.9. The summed E-state index contributed by atoms with van der Waals surface area (Å²) < 4.78 is 7.21. The van der Waals surface area contributed by atoms with Crippen molar-refractivity contribution in [1.82, 2.24) is 5.32 Å². The molecule has 0 spiro atoms. The summed E-state index contributed by atoms with van der Waals surface area (Å²) in [6, 6.07) is 8.80.